The van der Waals surface area contributed by atoms with Crippen molar-refractivity contribution >= 4 is 23.1 Å². The molecule has 9 nitrogen and oxygen atoms in total. The molecule has 0 spiro atoms. The number of ether oxygens (including phenoxy) is 4. The van der Waals surface area contributed by atoms with Gasteiger partial charge < -0.3 is 24.8 Å². The first-order valence-corrected chi connectivity index (χ1v) is 11.7. The molecule has 33 heavy (non-hydrogen) atoms. The second-order valence-electron chi connectivity index (χ2n) is 6.74. The molecule has 11 heteroatoms. The van der Waals surface area contributed by atoms with Gasteiger partial charge in [-0.15, -0.1) is 21.5 Å². The van der Waals surface area contributed by atoms with Gasteiger partial charge in [-0.25, -0.2) is 9.66 Å². The van der Waals surface area contributed by atoms with Crippen molar-refractivity contribution in [1.29, 1.82) is 0 Å². The molecule has 4 aromatic rings. The predicted octanol–water partition coefficient (Wildman–Crippen LogP) is 4.01. The summed E-state index contributed by atoms with van der Waals surface area (Å²) in [5, 5.41) is 11.8. The van der Waals surface area contributed by atoms with E-state index < -0.39 is 0 Å². The van der Waals surface area contributed by atoms with E-state index in [1.807, 2.05) is 41.8 Å². The SMILES string of the molecule is COc1cccc(OCc2nnc(SCc3csc(-c4ccc(OC)c(OC)c4)n3)n2N)c1. The molecule has 2 N–H and O–H groups in total. The predicted molar refractivity (Wildman–Crippen MR) is 128 cm³/mol. The van der Waals surface area contributed by atoms with E-state index in [2.05, 4.69) is 10.2 Å². The van der Waals surface area contributed by atoms with E-state index >= 15 is 0 Å². The molecule has 172 valence electrons. The van der Waals surface area contributed by atoms with Crippen LogP contribution in [0.2, 0.25) is 0 Å². The number of methoxy groups -OCH3 is 3. The maximum Gasteiger partial charge on any atom is 0.210 e. The number of aromatic nitrogens is 4. The van der Waals surface area contributed by atoms with Crippen molar-refractivity contribution in [3.63, 3.8) is 0 Å². The molecule has 0 aliphatic rings. The number of nitrogens with two attached hydrogens (primary N) is 1. The number of thioether (sulfide) groups is 1. The zero-order chi connectivity index (χ0) is 23.2. The Hall–Kier alpha value is -3.44. The minimum absolute atomic E-state index is 0.192. The topological polar surface area (TPSA) is 107 Å². The number of benzene rings is 2. The molecule has 0 atom stereocenters. The molecular formula is C22H23N5O4S2. The molecule has 2 heterocycles. The van der Waals surface area contributed by atoms with Crippen molar-refractivity contribution < 1.29 is 18.9 Å². The van der Waals surface area contributed by atoms with Crippen molar-refractivity contribution in [3.8, 4) is 33.6 Å². The molecule has 4 rings (SSSR count). The summed E-state index contributed by atoms with van der Waals surface area (Å²) in [7, 11) is 4.84. The average Bonchev–Trinajstić information content (AvgIpc) is 3.47. The Morgan fingerprint density at radius 3 is 2.58 bits per heavy atom. The summed E-state index contributed by atoms with van der Waals surface area (Å²) >= 11 is 3.02. The molecule has 0 bridgehead atoms. The molecule has 0 unspecified atom stereocenters. The van der Waals surface area contributed by atoms with Gasteiger partial charge in [-0.3, -0.25) is 0 Å². The fraction of sp³-hybridized carbons (Fsp3) is 0.227. The van der Waals surface area contributed by atoms with Crippen LogP contribution in [0.5, 0.6) is 23.0 Å². The number of hydrogen-bond donors (Lipinski definition) is 1. The highest BCUT2D eigenvalue weighted by molar-refractivity contribution is 7.98. The van der Waals surface area contributed by atoms with Crippen LogP contribution in [0.1, 0.15) is 11.5 Å². The first kappa shape index (κ1) is 22.7. The van der Waals surface area contributed by atoms with Gasteiger partial charge >= 0.3 is 0 Å². The monoisotopic (exact) mass is 485 g/mol. The third-order valence-electron chi connectivity index (χ3n) is 4.68. The van der Waals surface area contributed by atoms with Crippen molar-refractivity contribution in [2.24, 2.45) is 0 Å². The van der Waals surface area contributed by atoms with Crippen LogP contribution in [-0.4, -0.2) is 41.2 Å². The van der Waals surface area contributed by atoms with E-state index in [1.54, 1.807) is 38.7 Å². The first-order valence-electron chi connectivity index (χ1n) is 9.87. The van der Waals surface area contributed by atoms with Crippen LogP contribution in [0.25, 0.3) is 10.6 Å². The number of rotatable bonds is 10. The first-order chi connectivity index (χ1) is 16.1. The summed E-state index contributed by atoms with van der Waals surface area (Å²) in [6.07, 6.45) is 0. The van der Waals surface area contributed by atoms with Crippen LogP contribution < -0.4 is 24.8 Å². The average molecular weight is 486 g/mol. The van der Waals surface area contributed by atoms with E-state index in [4.69, 9.17) is 29.8 Å². The molecule has 0 saturated carbocycles. The lowest BCUT2D eigenvalue weighted by Crippen LogP contribution is -2.15. The quantitative estimate of drug-likeness (QED) is 0.263. The van der Waals surface area contributed by atoms with Gasteiger partial charge in [-0.2, -0.15) is 0 Å². The molecule has 0 radical (unpaired) electrons. The van der Waals surface area contributed by atoms with E-state index in [9.17, 15) is 0 Å². The molecular weight excluding hydrogens is 462 g/mol. The van der Waals surface area contributed by atoms with Gasteiger partial charge in [0.15, 0.2) is 17.3 Å². The van der Waals surface area contributed by atoms with E-state index in [0.717, 1.165) is 16.3 Å². The molecule has 0 aliphatic carbocycles. The molecule has 2 aromatic heterocycles. The molecule has 0 saturated heterocycles. The normalized spacial score (nSPS) is 10.8. The largest absolute Gasteiger partial charge is 0.497 e. The highest BCUT2D eigenvalue weighted by Crippen LogP contribution is 2.34. The second kappa shape index (κ2) is 10.5. The highest BCUT2D eigenvalue weighted by Gasteiger charge is 2.14. The number of thiazole rings is 1. The Kier molecular flexibility index (Phi) is 7.20. The lowest BCUT2D eigenvalue weighted by atomic mass is 10.2. The van der Waals surface area contributed by atoms with Crippen LogP contribution in [0.4, 0.5) is 0 Å². The van der Waals surface area contributed by atoms with Crippen molar-refractivity contribution in [2.45, 2.75) is 17.5 Å². The Balaban J connectivity index is 1.37. The minimum Gasteiger partial charge on any atom is -0.497 e. The van der Waals surface area contributed by atoms with Crippen LogP contribution in [0.3, 0.4) is 0 Å². The van der Waals surface area contributed by atoms with Gasteiger partial charge in [-0.1, -0.05) is 17.8 Å². The molecule has 0 amide bonds. The number of nitrogens with zero attached hydrogens (tertiary/aromatic N) is 4. The lowest BCUT2D eigenvalue weighted by Gasteiger charge is -2.08. The minimum atomic E-state index is 0.192. The summed E-state index contributed by atoms with van der Waals surface area (Å²) in [5.41, 5.74) is 1.89. The molecule has 0 fully saturated rings. The summed E-state index contributed by atoms with van der Waals surface area (Å²) in [5.74, 6) is 10.0. The van der Waals surface area contributed by atoms with E-state index in [-0.39, 0.29) is 6.61 Å². The highest BCUT2D eigenvalue weighted by atomic mass is 32.2. The van der Waals surface area contributed by atoms with Crippen molar-refractivity contribution in [2.75, 3.05) is 27.2 Å². The fourth-order valence-corrected chi connectivity index (χ4v) is 4.65. The Morgan fingerprint density at radius 2 is 1.79 bits per heavy atom. The smallest absolute Gasteiger partial charge is 0.210 e. The third-order valence-corrected chi connectivity index (χ3v) is 6.59. The van der Waals surface area contributed by atoms with Crippen LogP contribution in [0, 0.1) is 0 Å². The second-order valence-corrected chi connectivity index (χ2v) is 8.54. The maximum atomic E-state index is 6.17. The lowest BCUT2D eigenvalue weighted by molar-refractivity contribution is 0.289. The number of nitrogen functional groups attached to an aromatic ring is 1. The van der Waals surface area contributed by atoms with Gasteiger partial charge in [0, 0.05) is 22.8 Å². The zero-order valence-electron chi connectivity index (χ0n) is 18.3. The zero-order valence-corrected chi connectivity index (χ0v) is 20.0. The molecule has 2 aromatic carbocycles. The van der Waals surface area contributed by atoms with Gasteiger partial charge in [0.1, 0.15) is 23.1 Å². The van der Waals surface area contributed by atoms with Crippen LogP contribution in [0.15, 0.2) is 53.0 Å². The van der Waals surface area contributed by atoms with E-state index in [1.165, 1.54) is 16.4 Å². The van der Waals surface area contributed by atoms with Crippen LogP contribution >= 0.6 is 23.1 Å². The Labute approximate surface area is 199 Å². The van der Waals surface area contributed by atoms with Gasteiger partial charge in [0.2, 0.25) is 5.16 Å². The van der Waals surface area contributed by atoms with Crippen LogP contribution in [-0.2, 0) is 12.4 Å². The molecule has 0 aliphatic heterocycles. The van der Waals surface area contributed by atoms with Crippen molar-refractivity contribution in [1.82, 2.24) is 19.9 Å². The van der Waals surface area contributed by atoms with Gasteiger partial charge in [0.05, 0.1) is 27.0 Å². The third kappa shape index (κ3) is 5.32. The Morgan fingerprint density at radius 1 is 0.970 bits per heavy atom. The van der Waals surface area contributed by atoms with Gasteiger partial charge in [0.25, 0.3) is 0 Å². The van der Waals surface area contributed by atoms with Crippen molar-refractivity contribution in [3.05, 3.63) is 59.4 Å². The van der Waals surface area contributed by atoms with E-state index in [0.29, 0.717) is 39.7 Å². The summed E-state index contributed by atoms with van der Waals surface area (Å²) in [4.78, 5) is 4.72. The number of hydrogen-bond acceptors (Lipinski definition) is 10. The Bertz CT molecular complexity index is 1230. The summed E-state index contributed by atoms with van der Waals surface area (Å²) in [6, 6.07) is 13.1. The summed E-state index contributed by atoms with van der Waals surface area (Å²) < 4.78 is 23.1. The van der Waals surface area contributed by atoms with Gasteiger partial charge in [-0.05, 0) is 30.3 Å². The fourth-order valence-electron chi connectivity index (χ4n) is 2.96. The maximum absolute atomic E-state index is 6.17. The standard InChI is InChI=1S/C22H23N5O4S2/c1-28-16-5-4-6-17(10-16)31-11-20-25-26-22(27(20)23)33-13-15-12-32-21(24-15)14-7-8-18(29-2)19(9-14)30-3/h4-10,12H,11,13,23H2,1-3H3. The summed E-state index contributed by atoms with van der Waals surface area (Å²) in [6.45, 7) is 0.192.